The molecule has 0 aliphatic rings. The van der Waals surface area contributed by atoms with Crippen LogP contribution >= 0.6 is 12.6 Å². The second-order valence-electron chi connectivity index (χ2n) is 13.3. The van der Waals surface area contributed by atoms with E-state index < -0.39 is 0 Å². The molecule has 0 aliphatic heterocycles. The lowest BCUT2D eigenvalue weighted by Gasteiger charge is -2.37. The Morgan fingerprint density at radius 2 is 1.31 bits per heavy atom. The van der Waals surface area contributed by atoms with Gasteiger partial charge in [0.05, 0.1) is 0 Å². The van der Waals surface area contributed by atoms with Crippen LogP contribution in [-0.4, -0.2) is 22.9 Å². The monoisotopic (exact) mass is 464 g/mol. The van der Waals surface area contributed by atoms with Crippen molar-refractivity contribution in [3.63, 3.8) is 0 Å². The van der Waals surface area contributed by atoms with Crippen molar-refractivity contribution in [1.82, 2.24) is 0 Å². The Morgan fingerprint density at radius 3 is 1.66 bits per heavy atom. The van der Waals surface area contributed by atoms with E-state index in [1.54, 1.807) is 0 Å². The topological polar surface area (TPSA) is 46.5 Å². The van der Waals surface area contributed by atoms with Gasteiger partial charge in [-0.2, -0.15) is 12.6 Å². The van der Waals surface area contributed by atoms with E-state index in [4.69, 9.17) is 4.74 Å². The second kappa shape index (κ2) is 10.4. The fourth-order valence-corrected chi connectivity index (χ4v) is 5.32. The summed E-state index contributed by atoms with van der Waals surface area (Å²) in [6, 6.07) is 4.21. The van der Waals surface area contributed by atoms with Gasteiger partial charge < -0.3 is 9.84 Å². The molecule has 3 nitrogen and oxygen atoms in total. The molecule has 0 aliphatic carbocycles. The summed E-state index contributed by atoms with van der Waals surface area (Å²) in [5.41, 5.74) is 2.87. The number of rotatable bonds is 9. The summed E-state index contributed by atoms with van der Waals surface area (Å²) in [6.07, 6.45) is 2.80. The molecule has 1 aromatic rings. The van der Waals surface area contributed by atoms with Crippen LogP contribution in [0.4, 0.5) is 0 Å². The van der Waals surface area contributed by atoms with Crippen LogP contribution in [0.1, 0.15) is 112 Å². The fourth-order valence-electron chi connectivity index (χ4n) is 5.24. The molecule has 0 amide bonds. The van der Waals surface area contributed by atoms with Crippen molar-refractivity contribution >= 4 is 18.6 Å². The Bertz CT molecular complexity index is 728. The number of ether oxygens (including phenoxy) is 1. The molecule has 0 radical (unpaired) electrons. The van der Waals surface area contributed by atoms with E-state index >= 15 is 0 Å². The van der Waals surface area contributed by atoms with E-state index in [9.17, 15) is 9.90 Å². The largest absolute Gasteiger partial charge is 0.507 e. The number of carbonyl (C=O) groups is 1. The summed E-state index contributed by atoms with van der Waals surface area (Å²) in [7, 11) is 0. The minimum Gasteiger partial charge on any atom is -0.507 e. The Kier molecular flexibility index (Phi) is 9.39. The van der Waals surface area contributed by atoms with Crippen LogP contribution in [0.2, 0.25) is 0 Å². The van der Waals surface area contributed by atoms with Crippen molar-refractivity contribution in [3.05, 3.63) is 28.8 Å². The number of thiol groups is 1. The molecule has 0 fully saturated rings. The first kappa shape index (κ1) is 28.9. The molecule has 1 atom stereocenters. The fraction of sp³-hybridized carbons (Fsp3) is 0.750. The summed E-state index contributed by atoms with van der Waals surface area (Å²) in [5, 5.41) is 11.5. The average Bonchev–Trinajstić information content (AvgIpc) is 2.54. The highest BCUT2D eigenvalue weighted by Gasteiger charge is 2.35. The number of aryl methyl sites for hydroxylation is 1. The van der Waals surface area contributed by atoms with Gasteiger partial charge in [0.1, 0.15) is 12.4 Å². The minimum atomic E-state index is -0.204. The third-order valence-corrected chi connectivity index (χ3v) is 5.82. The third kappa shape index (κ3) is 9.37. The van der Waals surface area contributed by atoms with Crippen molar-refractivity contribution in [2.45, 2.75) is 118 Å². The lowest BCUT2D eigenvalue weighted by molar-refractivity contribution is -0.143. The third-order valence-electron chi connectivity index (χ3n) is 5.68. The molecule has 1 unspecified atom stereocenters. The lowest BCUT2D eigenvalue weighted by Crippen LogP contribution is -2.28. The number of aromatic hydroxyl groups is 1. The highest BCUT2D eigenvalue weighted by atomic mass is 32.1. The van der Waals surface area contributed by atoms with Gasteiger partial charge in [0.2, 0.25) is 0 Å². The molecule has 0 spiro atoms. The van der Waals surface area contributed by atoms with Crippen molar-refractivity contribution in [1.29, 1.82) is 0 Å². The summed E-state index contributed by atoms with van der Waals surface area (Å²) in [4.78, 5) is 12.2. The molecular weight excluding hydrogens is 416 g/mol. The number of benzene rings is 1. The molecule has 1 aromatic carbocycles. The SMILES string of the molecule is CC(S)COC(=O)CCc1cc(C(C)(C)CC(C)(C)C)c(O)c(C(C)(C)CC(C)(C)C)c1. The molecular formula is C28H48O3S. The van der Waals surface area contributed by atoms with Crippen LogP contribution in [-0.2, 0) is 26.8 Å². The van der Waals surface area contributed by atoms with Crippen LogP contribution in [0.15, 0.2) is 12.1 Å². The van der Waals surface area contributed by atoms with Gasteiger partial charge in [-0.1, -0.05) is 88.3 Å². The Hall–Kier alpha value is -1.16. The number of phenols is 1. The highest BCUT2D eigenvalue weighted by molar-refractivity contribution is 7.80. The summed E-state index contributed by atoms with van der Waals surface area (Å²) >= 11 is 4.27. The van der Waals surface area contributed by atoms with Gasteiger partial charge >= 0.3 is 5.97 Å². The molecule has 1 N–H and O–H groups in total. The standard InChI is InChI=1S/C28H48O3S/c1-19(32)16-31-23(29)13-12-20-14-21(27(8,9)17-25(2,3)4)24(30)22(15-20)28(10,11)18-26(5,6)7/h14-15,19,30,32H,12-13,16-18H2,1-11H3. The first-order chi connectivity index (χ1) is 14.2. The molecule has 32 heavy (non-hydrogen) atoms. The van der Waals surface area contributed by atoms with Crippen LogP contribution in [0, 0.1) is 10.8 Å². The van der Waals surface area contributed by atoms with Gasteiger partial charge in [-0.25, -0.2) is 0 Å². The minimum absolute atomic E-state index is 0.0298. The smallest absolute Gasteiger partial charge is 0.306 e. The van der Waals surface area contributed by atoms with Gasteiger partial charge in [0, 0.05) is 22.8 Å². The number of hydrogen-bond acceptors (Lipinski definition) is 4. The van der Waals surface area contributed by atoms with Crippen LogP contribution in [0.3, 0.4) is 0 Å². The Labute approximate surface area is 203 Å². The second-order valence-corrected chi connectivity index (χ2v) is 14.2. The predicted molar refractivity (Wildman–Crippen MR) is 140 cm³/mol. The van der Waals surface area contributed by atoms with Gasteiger partial charge in [-0.05, 0) is 46.5 Å². The zero-order valence-corrected chi connectivity index (χ0v) is 23.4. The molecule has 0 aromatic heterocycles. The molecule has 0 saturated carbocycles. The van der Waals surface area contributed by atoms with E-state index in [2.05, 4.69) is 94.0 Å². The highest BCUT2D eigenvalue weighted by Crippen LogP contribution is 2.47. The van der Waals surface area contributed by atoms with E-state index in [0.717, 1.165) is 29.5 Å². The van der Waals surface area contributed by atoms with Gasteiger partial charge in [0.25, 0.3) is 0 Å². The predicted octanol–water partition coefficient (Wildman–Crippen LogP) is 7.61. The van der Waals surface area contributed by atoms with Crippen LogP contribution in [0.25, 0.3) is 0 Å². The maximum absolute atomic E-state index is 12.2. The van der Waals surface area contributed by atoms with Crippen molar-refractivity contribution < 1.29 is 14.6 Å². The van der Waals surface area contributed by atoms with Crippen molar-refractivity contribution in [2.75, 3.05) is 6.61 Å². The summed E-state index contributed by atoms with van der Waals surface area (Å²) in [5.74, 6) is 0.203. The molecule has 0 bridgehead atoms. The maximum atomic E-state index is 12.2. The van der Waals surface area contributed by atoms with Gasteiger partial charge in [0.15, 0.2) is 0 Å². The lowest BCUT2D eigenvalue weighted by atomic mass is 9.67. The average molecular weight is 465 g/mol. The quantitative estimate of drug-likeness (QED) is 0.292. The zero-order valence-electron chi connectivity index (χ0n) is 22.5. The normalized spacial score (nSPS) is 14.4. The number of carbonyl (C=O) groups excluding carboxylic acids is 1. The number of phenolic OH excluding ortho intramolecular Hbond substituents is 1. The molecule has 0 heterocycles. The van der Waals surface area contributed by atoms with Gasteiger partial charge in [-0.3, -0.25) is 4.79 Å². The molecule has 184 valence electrons. The van der Waals surface area contributed by atoms with E-state index in [1.165, 1.54) is 0 Å². The van der Waals surface area contributed by atoms with Gasteiger partial charge in [-0.15, -0.1) is 0 Å². The Morgan fingerprint density at radius 1 is 0.906 bits per heavy atom. The molecule has 1 rings (SSSR count). The summed E-state index contributed by atoms with van der Waals surface area (Å²) < 4.78 is 5.31. The summed E-state index contributed by atoms with van der Waals surface area (Å²) in [6.45, 7) is 24.5. The van der Waals surface area contributed by atoms with E-state index in [0.29, 0.717) is 25.2 Å². The first-order valence-electron chi connectivity index (χ1n) is 11.9. The van der Waals surface area contributed by atoms with E-state index in [-0.39, 0.29) is 32.9 Å². The Balaban J connectivity index is 3.43. The first-order valence-corrected chi connectivity index (χ1v) is 12.5. The van der Waals surface area contributed by atoms with Crippen molar-refractivity contribution in [2.24, 2.45) is 10.8 Å². The maximum Gasteiger partial charge on any atom is 0.306 e. The van der Waals surface area contributed by atoms with Crippen LogP contribution < -0.4 is 0 Å². The number of hydrogen-bond donors (Lipinski definition) is 2. The number of esters is 1. The molecule has 0 saturated heterocycles. The van der Waals surface area contributed by atoms with Crippen molar-refractivity contribution in [3.8, 4) is 5.75 Å². The zero-order chi connectivity index (χ0) is 25.1. The van der Waals surface area contributed by atoms with E-state index in [1.807, 2.05) is 6.92 Å². The van der Waals surface area contributed by atoms with Crippen LogP contribution in [0.5, 0.6) is 5.75 Å². The molecule has 4 heteroatoms.